The fourth-order valence-electron chi connectivity index (χ4n) is 1.87. The Morgan fingerprint density at radius 3 is 2.89 bits per heavy atom. The van der Waals surface area contributed by atoms with Crippen LogP contribution in [0.1, 0.15) is 38.7 Å². The molecule has 0 aliphatic heterocycles. The van der Waals surface area contributed by atoms with Crippen molar-refractivity contribution in [3.8, 4) is 11.8 Å². The predicted molar refractivity (Wildman–Crippen MR) is 86.7 cm³/mol. The van der Waals surface area contributed by atoms with Gasteiger partial charge < -0.3 is 5.32 Å². The van der Waals surface area contributed by atoms with Crippen LogP contribution >= 0.6 is 11.8 Å². The van der Waals surface area contributed by atoms with Crippen molar-refractivity contribution in [3.63, 3.8) is 0 Å². The molecule has 104 valence electrons. The molecule has 0 bridgehead atoms. The van der Waals surface area contributed by atoms with E-state index in [0.29, 0.717) is 6.04 Å². The van der Waals surface area contributed by atoms with Crippen LogP contribution in [0.4, 0.5) is 0 Å². The molecule has 19 heavy (non-hydrogen) atoms. The standard InChI is InChI=1S/C17H25NS/c1-4-6-7-10-16(18-12-5-2)14-19-17-11-8-9-15(3)13-17/h8-9,11,13,16,18H,5,7,10,12,14H2,1-3H3. The van der Waals surface area contributed by atoms with Gasteiger partial charge >= 0.3 is 0 Å². The van der Waals surface area contributed by atoms with E-state index in [-0.39, 0.29) is 0 Å². The average Bonchev–Trinajstić information content (AvgIpc) is 2.41. The fourth-order valence-corrected chi connectivity index (χ4v) is 2.99. The molecule has 0 saturated heterocycles. The van der Waals surface area contributed by atoms with Gasteiger partial charge in [0.05, 0.1) is 0 Å². The fraction of sp³-hybridized carbons (Fsp3) is 0.529. The molecule has 0 aliphatic rings. The summed E-state index contributed by atoms with van der Waals surface area (Å²) in [5.74, 6) is 7.26. The van der Waals surface area contributed by atoms with Gasteiger partial charge in [0.1, 0.15) is 0 Å². The first-order chi connectivity index (χ1) is 9.26. The first-order valence-corrected chi connectivity index (χ1v) is 8.07. The van der Waals surface area contributed by atoms with Crippen LogP contribution in [0, 0.1) is 18.8 Å². The maximum absolute atomic E-state index is 3.62. The third-order valence-electron chi connectivity index (χ3n) is 2.92. The topological polar surface area (TPSA) is 12.0 Å². The molecular weight excluding hydrogens is 250 g/mol. The van der Waals surface area contributed by atoms with E-state index in [9.17, 15) is 0 Å². The van der Waals surface area contributed by atoms with Crippen LogP contribution in [0.5, 0.6) is 0 Å². The maximum Gasteiger partial charge on any atom is 0.0170 e. The average molecular weight is 275 g/mol. The molecule has 0 saturated carbocycles. The van der Waals surface area contributed by atoms with E-state index >= 15 is 0 Å². The second-order valence-electron chi connectivity index (χ2n) is 4.74. The van der Waals surface area contributed by atoms with Crippen LogP contribution in [0.3, 0.4) is 0 Å². The van der Waals surface area contributed by atoms with Crippen LogP contribution in [0.15, 0.2) is 29.2 Å². The van der Waals surface area contributed by atoms with Crippen molar-refractivity contribution in [1.82, 2.24) is 5.32 Å². The predicted octanol–water partition coefficient (Wildman–Crippen LogP) is 4.26. The summed E-state index contributed by atoms with van der Waals surface area (Å²) in [6.45, 7) is 7.37. The first kappa shape index (κ1) is 16.1. The summed E-state index contributed by atoms with van der Waals surface area (Å²) < 4.78 is 0. The highest BCUT2D eigenvalue weighted by molar-refractivity contribution is 7.99. The van der Waals surface area contributed by atoms with E-state index in [1.807, 2.05) is 18.7 Å². The SMILES string of the molecule is CC#CCCC(CSc1cccc(C)c1)NCCC. The number of hydrogen-bond acceptors (Lipinski definition) is 2. The molecule has 2 heteroatoms. The highest BCUT2D eigenvalue weighted by Crippen LogP contribution is 2.20. The minimum absolute atomic E-state index is 0.561. The summed E-state index contributed by atoms with van der Waals surface area (Å²) in [6.07, 6.45) is 3.32. The normalized spacial score (nSPS) is 11.7. The lowest BCUT2D eigenvalue weighted by molar-refractivity contribution is 0.526. The Morgan fingerprint density at radius 2 is 2.21 bits per heavy atom. The van der Waals surface area contributed by atoms with Gasteiger partial charge in [-0.2, -0.15) is 0 Å². The molecule has 1 N–H and O–H groups in total. The Bertz CT molecular complexity index is 417. The van der Waals surface area contributed by atoms with E-state index < -0.39 is 0 Å². The largest absolute Gasteiger partial charge is 0.313 e. The zero-order valence-corrected chi connectivity index (χ0v) is 13.1. The second kappa shape index (κ2) is 9.95. The maximum atomic E-state index is 3.62. The van der Waals surface area contributed by atoms with Gasteiger partial charge in [-0.15, -0.1) is 23.6 Å². The van der Waals surface area contributed by atoms with Crippen molar-refractivity contribution >= 4 is 11.8 Å². The van der Waals surface area contributed by atoms with Gasteiger partial charge in [0.15, 0.2) is 0 Å². The smallest absolute Gasteiger partial charge is 0.0170 e. The van der Waals surface area contributed by atoms with Crippen LogP contribution < -0.4 is 5.32 Å². The quantitative estimate of drug-likeness (QED) is 0.562. The summed E-state index contributed by atoms with van der Waals surface area (Å²) in [5.41, 5.74) is 1.33. The van der Waals surface area contributed by atoms with E-state index in [4.69, 9.17) is 0 Å². The molecule has 1 aromatic carbocycles. The van der Waals surface area contributed by atoms with Gasteiger partial charge in [0.25, 0.3) is 0 Å². The summed E-state index contributed by atoms with van der Waals surface area (Å²) in [6, 6.07) is 9.29. The minimum atomic E-state index is 0.561. The molecule has 1 atom stereocenters. The van der Waals surface area contributed by atoms with Crippen LogP contribution in [0.25, 0.3) is 0 Å². The lowest BCUT2D eigenvalue weighted by Crippen LogP contribution is -2.31. The first-order valence-electron chi connectivity index (χ1n) is 7.08. The molecule has 1 unspecified atom stereocenters. The molecule has 1 rings (SSSR count). The van der Waals surface area contributed by atoms with Crippen molar-refractivity contribution in [3.05, 3.63) is 29.8 Å². The summed E-state index contributed by atoms with van der Waals surface area (Å²) in [4.78, 5) is 1.37. The van der Waals surface area contributed by atoms with Crippen molar-refractivity contribution < 1.29 is 0 Å². The number of hydrogen-bond donors (Lipinski definition) is 1. The van der Waals surface area contributed by atoms with Crippen molar-refractivity contribution in [2.75, 3.05) is 12.3 Å². The molecule has 0 aliphatic carbocycles. The highest BCUT2D eigenvalue weighted by Gasteiger charge is 2.07. The van der Waals surface area contributed by atoms with Crippen molar-refractivity contribution in [2.45, 2.75) is 51.0 Å². The molecular formula is C17H25NS. The number of benzene rings is 1. The molecule has 0 spiro atoms. The van der Waals surface area contributed by atoms with Gasteiger partial charge in [-0.1, -0.05) is 24.6 Å². The van der Waals surface area contributed by atoms with E-state index in [2.05, 4.69) is 55.3 Å². The molecule has 0 amide bonds. The monoisotopic (exact) mass is 275 g/mol. The third-order valence-corrected chi connectivity index (χ3v) is 4.07. The third kappa shape index (κ3) is 7.30. The zero-order valence-electron chi connectivity index (χ0n) is 12.3. The summed E-state index contributed by atoms with van der Waals surface area (Å²) >= 11 is 1.94. The van der Waals surface area contributed by atoms with E-state index in [1.54, 1.807) is 0 Å². The Morgan fingerprint density at radius 1 is 1.37 bits per heavy atom. The second-order valence-corrected chi connectivity index (χ2v) is 5.84. The van der Waals surface area contributed by atoms with Crippen molar-refractivity contribution in [2.24, 2.45) is 0 Å². The summed E-state index contributed by atoms with van der Waals surface area (Å²) in [7, 11) is 0. The van der Waals surface area contributed by atoms with Gasteiger partial charge in [-0.3, -0.25) is 0 Å². The number of rotatable bonds is 8. The Labute approximate surface area is 122 Å². The van der Waals surface area contributed by atoms with Gasteiger partial charge in [-0.25, -0.2) is 0 Å². The van der Waals surface area contributed by atoms with E-state index in [0.717, 1.165) is 25.1 Å². The number of nitrogens with one attached hydrogen (secondary N) is 1. The molecule has 1 aromatic rings. The molecule has 1 nitrogen and oxygen atoms in total. The van der Waals surface area contributed by atoms with Gasteiger partial charge in [0, 0.05) is 23.1 Å². The van der Waals surface area contributed by atoms with Gasteiger partial charge in [-0.05, 0) is 45.4 Å². The van der Waals surface area contributed by atoms with E-state index in [1.165, 1.54) is 16.9 Å². The molecule has 0 aromatic heterocycles. The lowest BCUT2D eigenvalue weighted by atomic mass is 10.2. The Balaban J connectivity index is 2.43. The van der Waals surface area contributed by atoms with Crippen LogP contribution in [-0.2, 0) is 0 Å². The Hall–Kier alpha value is -0.910. The molecule has 0 heterocycles. The summed E-state index contributed by atoms with van der Waals surface area (Å²) in [5, 5.41) is 3.62. The molecule has 0 fully saturated rings. The number of aryl methyl sites for hydroxylation is 1. The molecule has 0 radical (unpaired) electrons. The number of thioether (sulfide) groups is 1. The highest BCUT2D eigenvalue weighted by atomic mass is 32.2. The Kier molecular flexibility index (Phi) is 8.45. The minimum Gasteiger partial charge on any atom is -0.313 e. The van der Waals surface area contributed by atoms with Crippen LogP contribution in [0.2, 0.25) is 0 Å². The van der Waals surface area contributed by atoms with Gasteiger partial charge in [0.2, 0.25) is 0 Å². The zero-order chi connectivity index (χ0) is 13.9. The van der Waals surface area contributed by atoms with Crippen LogP contribution in [-0.4, -0.2) is 18.3 Å². The lowest BCUT2D eigenvalue weighted by Gasteiger charge is -2.17. The van der Waals surface area contributed by atoms with Crippen molar-refractivity contribution in [1.29, 1.82) is 0 Å².